The highest BCUT2D eigenvalue weighted by Gasteiger charge is 2.36. The van der Waals surface area contributed by atoms with E-state index in [1.807, 2.05) is 20.8 Å². The van der Waals surface area contributed by atoms with Gasteiger partial charge in [0.1, 0.15) is 0 Å². The first-order valence-electron chi connectivity index (χ1n) is 6.64. The molecule has 1 heterocycles. The molecule has 0 saturated carbocycles. The van der Waals surface area contributed by atoms with Crippen LogP contribution in [-0.2, 0) is 9.59 Å². The second-order valence-corrected chi connectivity index (χ2v) is 6.56. The fraction of sp³-hybridized carbons (Fsp3) is 0.467. The molecule has 0 spiro atoms. The Labute approximate surface area is 124 Å². The summed E-state index contributed by atoms with van der Waals surface area (Å²) in [6, 6.07) is 7.08. The minimum Gasteiger partial charge on any atom is -0.351 e. The van der Waals surface area contributed by atoms with Crippen LogP contribution in [0, 0.1) is 5.92 Å². The second-order valence-electron chi connectivity index (χ2n) is 6.12. The van der Waals surface area contributed by atoms with Crippen molar-refractivity contribution in [3.8, 4) is 0 Å². The number of halogens is 1. The number of hydrogen-bond acceptors (Lipinski definition) is 2. The molecule has 0 radical (unpaired) electrons. The van der Waals surface area contributed by atoms with Crippen LogP contribution in [0.2, 0.25) is 5.02 Å². The van der Waals surface area contributed by atoms with Gasteiger partial charge in [-0.1, -0.05) is 11.6 Å². The Morgan fingerprint density at radius 2 is 1.90 bits per heavy atom. The van der Waals surface area contributed by atoms with Gasteiger partial charge in [-0.15, -0.1) is 0 Å². The summed E-state index contributed by atoms with van der Waals surface area (Å²) in [6.45, 7) is 6.21. The summed E-state index contributed by atoms with van der Waals surface area (Å²) in [7, 11) is 0. The number of rotatable bonds is 2. The first kappa shape index (κ1) is 14.9. The third-order valence-corrected chi connectivity index (χ3v) is 3.38. The van der Waals surface area contributed by atoms with Crippen LogP contribution < -0.4 is 10.2 Å². The molecule has 0 aromatic heterocycles. The van der Waals surface area contributed by atoms with Crippen LogP contribution in [0.15, 0.2) is 24.3 Å². The average Bonchev–Trinajstić information content (AvgIpc) is 2.70. The Balaban J connectivity index is 2.07. The summed E-state index contributed by atoms with van der Waals surface area (Å²) in [5, 5.41) is 3.55. The van der Waals surface area contributed by atoms with E-state index in [1.54, 1.807) is 29.2 Å². The van der Waals surface area contributed by atoms with E-state index in [0.29, 0.717) is 11.6 Å². The van der Waals surface area contributed by atoms with Crippen molar-refractivity contribution in [1.82, 2.24) is 5.32 Å². The lowest BCUT2D eigenvalue weighted by Crippen LogP contribution is -2.44. The van der Waals surface area contributed by atoms with Crippen molar-refractivity contribution in [1.29, 1.82) is 0 Å². The lowest BCUT2D eigenvalue weighted by atomic mass is 10.0. The van der Waals surface area contributed by atoms with Gasteiger partial charge in [-0.05, 0) is 45.0 Å². The first-order valence-corrected chi connectivity index (χ1v) is 7.02. The van der Waals surface area contributed by atoms with E-state index in [-0.39, 0.29) is 29.7 Å². The maximum atomic E-state index is 12.1. The number of carbonyl (C=O) groups excluding carboxylic acids is 2. The largest absolute Gasteiger partial charge is 0.351 e. The molecule has 4 nitrogen and oxygen atoms in total. The lowest BCUT2D eigenvalue weighted by molar-refractivity contribution is -0.127. The van der Waals surface area contributed by atoms with Crippen molar-refractivity contribution in [2.45, 2.75) is 32.7 Å². The minimum atomic E-state index is -0.294. The number of nitrogens with one attached hydrogen (secondary N) is 1. The molecule has 1 atom stereocenters. The molecule has 108 valence electrons. The van der Waals surface area contributed by atoms with Gasteiger partial charge in [0.15, 0.2) is 0 Å². The van der Waals surface area contributed by atoms with Gasteiger partial charge in [0.25, 0.3) is 0 Å². The number of anilines is 1. The summed E-state index contributed by atoms with van der Waals surface area (Å²) >= 11 is 5.84. The molecule has 1 N–H and O–H groups in total. The third kappa shape index (κ3) is 3.51. The molecule has 2 amide bonds. The predicted molar refractivity (Wildman–Crippen MR) is 79.8 cm³/mol. The highest BCUT2D eigenvalue weighted by Crippen LogP contribution is 2.26. The van der Waals surface area contributed by atoms with Gasteiger partial charge in [0.05, 0.1) is 5.92 Å². The molecule has 0 bridgehead atoms. The summed E-state index contributed by atoms with van der Waals surface area (Å²) < 4.78 is 0. The van der Waals surface area contributed by atoms with Crippen LogP contribution in [0.5, 0.6) is 0 Å². The number of nitrogens with zero attached hydrogens (tertiary/aromatic N) is 1. The second kappa shape index (κ2) is 5.44. The molecule has 1 saturated heterocycles. The fourth-order valence-electron chi connectivity index (χ4n) is 2.23. The van der Waals surface area contributed by atoms with E-state index in [1.165, 1.54) is 0 Å². The Morgan fingerprint density at radius 1 is 1.30 bits per heavy atom. The van der Waals surface area contributed by atoms with E-state index in [0.717, 1.165) is 5.69 Å². The van der Waals surface area contributed by atoms with Crippen LogP contribution in [-0.4, -0.2) is 23.9 Å². The quantitative estimate of drug-likeness (QED) is 0.911. The van der Waals surface area contributed by atoms with E-state index in [2.05, 4.69) is 5.32 Å². The first-order chi connectivity index (χ1) is 9.26. The molecule has 20 heavy (non-hydrogen) atoms. The van der Waals surface area contributed by atoms with E-state index in [9.17, 15) is 9.59 Å². The van der Waals surface area contributed by atoms with Crippen molar-refractivity contribution in [2.75, 3.05) is 11.4 Å². The summed E-state index contributed by atoms with van der Waals surface area (Å²) in [6.07, 6.45) is 0.255. The molecular formula is C15H19ClN2O2. The normalized spacial score (nSPS) is 19.3. The van der Waals surface area contributed by atoms with Crippen molar-refractivity contribution in [3.05, 3.63) is 29.3 Å². The Bertz CT molecular complexity index is 520. The van der Waals surface area contributed by atoms with E-state index in [4.69, 9.17) is 11.6 Å². The van der Waals surface area contributed by atoms with E-state index < -0.39 is 0 Å². The zero-order valence-electron chi connectivity index (χ0n) is 11.9. The molecule has 1 fully saturated rings. The maximum Gasteiger partial charge on any atom is 0.227 e. The predicted octanol–water partition coefficient (Wildman–Crippen LogP) is 2.61. The highest BCUT2D eigenvalue weighted by molar-refractivity contribution is 6.30. The number of hydrogen-bond donors (Lipinski definition) is 1. The molecule has 5 heteroatoms. The molecule has 1 aliphatic heterocycles. The average molecular weight is 295 g/mol. The van der Waals surface area contributed by atoms with Gasteiger partial charge in [-0.25, -0.2) is 0 Å². The SMILES string of the molecule is CC(C)(C)NC(=O)C1CC(=O)N(c2ccc(Cl)cc2)C1. The molecule has 0 aliphatic carbocycles. The van der Waals surface area contributed by atoms with Gasteiger partial charge < -0.3 is 10.2 Å². The Hall–Kier alpha value is -1.55. The minimum absolute atomic E-state index is 0.0265. The molecule has 1 unspecified atom stereocenters. The van der Waals surface area contributed by atoms with Gasteiger partial charge in [-0.3, -0.25) is 9.59 Å². The van der Waals surface area contributed by atoms with Gasteiger partial charge >= 0.3 is 0 Å². The summed E-state index contributed by atoms with van der Waals surface area (Å²) in [5.41, 5.74) is 0.499. The van der Waals surface area contributed by atoms with Crippen LogP contribution in [0.3, 0.4) is 0 Å². The van der Waals surface area contributed by atoms with Crippen molar-refractivity contribution < 1.29 is 9.59 Å². The third-order valence-electron chi connectivity index (χ3n) is 3.13. The molecule has 2 rings (SSSR count). The number of amides is 2. The lowest BCUT2D eigenvalue weighted by Gasteiger charge is -2.23. The van der Waals surface area contributed by atoms with Crippen LogP contribution >= 0.6 is 11.6 Å². The summed E-state index contributed by atoms with van der Waals surface area (Å²) in [5.74, 6) is -0.388. The topological polar surface area (TPSA) is 49.4 Å². The standard InChI is InChI=1S/C15H19ClN2O2/c1-15(2,3)17-14(20)10-8-13(19)18(9-10)12-6-4-11(16)5-7-12/h4-7,10H,8-9H2,1-3H3,(H,17,20). The molecule has 1 aromatic carbocycles. The van der Waals surface area contributed by atoms with Crippen molar-refractivity contribution >= 4 is 29.1 Å². The van der Waals surface area contributed by atoms with Gasteiger partial charge in [-0.2, -0.15) is 0 Å². The van der Waals surface area contributed by atoms with Crippen LogP contribution in [0.1, 0.15) is 27.2 Å². The van der Waals surface area contributed by atoms with Gasteiger partial charge in [0.2, 0.25) is 11.8 Å². The van der Waals surface area contributed by atoms with Crippen molar-refractivity contribution in [3.63, 3.8) is 0 Å². The van der Waals surface area contributed by atoms with Crippen molar-refractivity contribution in [2.24, 2.45) is 5.92 Å². The van der Waals surface area contributed by atoms with E-state index >= 15 is 0 Å². The molecule has 1 aromatic rings. The fourth-order valence-corrected chi connectivity index (χ4v) is 2.35. The zero-order chi connectivity index (χ0) is 14.9. The monoisotopic (exact) mass is 294 g/mol. The smallest absolute Gasteiger partial charge is 0.227 e. The number of carbonyl (C=O) groups is 2. The molecule has 1 aliphatic rings. The van der Waals surface area contributed by atoms with Crippen LogP contribution in [0.25, 0.3) is 0 Å². The zero-order valence-corrected chi connectivity index (χ0v) is 12.7. The highest BCUT2D eigenvalue weighted by atomic mass is 35.5. The Kier molecular flexibility index (Phi) is 4.04. The maximum absolute atomic E-state index is 12.1. The van der Waals surface area contributed by atoms with Crippen LogP contribution in [0.4, 0.5) is 5.69 Å². The Morgan fingerprint density at radius 3 is 2.45 bits per heavy atom. The van der Waals surface area contributed by atoms with Gasteiger partial charge in [0, 0.05) is 29.2 Å². The molecular weight excluding hydrogens is 276 g/mol. The summed E-state index contributed by atoms with van der Waals surface area (Å²) in [4.78, 5) is 25.8. The number of benzene rings is 1.